The molecule has 2 aromatic rings. The highest BCUT2D eigenvalue weighted by Gasteiger charge is 1.99. The normalized spacial score (nSPS) is 15.3. The summed E-state index contributed by atoms with van der Waals surface area (Å²) in [5.74, 6) is 0. The van der Waals surface area contributed by atoms with E-state index in [-0.39, 0.29) is 0 Å². The van der Waals surface area contributed by atoms with Gasteiger partial charge in [0.25, 0.3) is 0 Å². The quantitative estimate of drug-likeness (QED) is 0.581. The van der Waals surface area contributed by atoms with Crippen LogP contribution < -0.4 is 0 Å². The van der Waals surface area contributed by atoms with Gasteiger partial charge in [-0.25, -0.2) is 0 Å². The van der Waals surface area contributed by atoms with E-state index < -0.39 is 0 Å². The molecule has 0 aliphatic carbocycles. The summed E-state index contributed by atoms with van der Waals surface area (Å²) in [6.45, 7) is 6.95. The monoisotopic (exact) mass is 434 g/mol. The molecule has 0 amide bonds. The third kappa shape index (κ3) is 6.28. The van der Waals surface area contributed by atoms with Crippen molar-refractivity contribution in [2.75, 3.05) is 26.2 Å². The van der Waals surface area contributed by atoms with Crippen LogP contribution in [-0.2, 0) is 25.3 Å². The lowest BCUT2D eigenvalue weighted by Crippen LogP contribution is -1.99. The summed E-state index contributed by atoms with van der Waals surface area (Å²) < 4.78 is 0. The van der Waals surface area contributed by atoms with Crippen LogP contribution in [0.3, 0.4) is 0 Å². The van der Waals surface area contributed by atoms with Gasteiger partial charge in [0, 0.05) is 51.0 Å². The summed E-state index contributed by atoms with van der Waals surface area (Å²) in [4.78, 5) is 19.8. The van der Waals surface area contributed by atoms with E-state index in [1.54, 1.807) is 0 Å². The van der Waals surface area contributed by atoms with Crippen molar-refractivity contribution in [1.29, 1.82) is 0 Å². The molecule has 0 fully saturated rings. The van der Waals surface area contributed by atoms with Gasteiger partial charge in [0.2, 0.25) is 0 Å². The first-order valence-electron chi connectivity index (χ1n) is 10.2. The van der Waals surface area contributed by atoms with Crippen LogP contribution in [0.1, 0.15) is 46.2 Å². The zero-order chi connectivity index (χ0) is 21.3. The first kappa shape index (κ1) is 22.2. The first-order valence-corrected chi connectivity index (χ1v) is 11.0. The number of benzene rings is 2. The van der Waals surface area contributed by atoms with Crippen molar-refractivity contribution in [3.63, 3.8) is 0 Å². The maximum Gasteiger partial charge on any atom is 0.0407 e. The van der Waals surface area contributed by atoms with Crippen LogP contribution in [-0.4, -0.2) is 51.0 Å². The molecule has 30 heavy (non-hydrogen) atoms. The van der Waals surface area contributed by atoms with Crippen LogP contribution in [0.25, 0.3) is 0 Å². The summed E-state index contributed by atoms with van der Waals surface area (Å²) in [6.07, 6.45) is 9.23. The fourth-order valence-corrected chi connectivity index (χ4v) is 3.65. The Morgan fingerprint density at radius 1 is 0.533 bits per heavy atom. The van der Waals surface area contributed by atoms with Gasteiger partial charge in [0.1, 0.15) is 0 Å². The van der Waals surface area contributed by atoms with Crippen molar-refractivity contribution < 1.29 is 0 Å². The Labute approximate surface area is 190 Å². The Hall–Kier alpha value is -2.44. The van der Waals surface area contributed by atoms with Gasteiger partial charge >= 0.3 is 0 Å². The van der Waals surface area contributed by atoms with E-state index >= 15 is 0 Å². The summed E-state index contributed by atoms with van der Waals surface area (Å²) in [5.41, 5.74) is 6.18. The van der Waals surface area contributed by atoms with Crippen molar-refractivity contribution in [3.8, 4) is 0 Å². The fraction of sp³-hybridized carbons (Fsp3) is 0.333. The molecule has 0 atom stereocenters. The number of hydrogen-bond donors (Lipinski definition) is 0. The molecule has 1 aliphatic rings. The van der Waals surface area contributed by atoms with Crippen LogP contribution in [0, 0.1) is 13.8 Å². The topological polar surface area (TPSA) is 49.4 Å². The molecular weight excluding hydrogens is 408 g/mol. The first-order chi connectivity index (χ1) is 14.5. The van der Waals surface area contributed by atoms with E-state index in [0.717, 1.165) is 56.0 Å². The van der Waals surface area contributed by atoms with E-state index in [1.807, 2.05) is 24.9 Å². The minimum atomic E-state index is 0.704. The second-order valence-corrected chi connectivity index (χ2v) is 8.21. The minimum Gasteiger partial charge on any atom is -0.778 e. The van der Waals surface area contributed by atoms with Crippen LogP contribution in [0.15, 0.2) is 54.0 Å². The molecule has 4 bridgehead atoms. The molecule has 3 rings (SSSR count). The van der Waals surface area contributed by atoms with Gasteiger partial charge in [-0.1, -0.05) is 24.3 Å². The van der Waals surface area contributed by atoms with Gasteiger partial charge in [0.05, 0.1) is 0 Å². The van der Waals surface area contributed by atoms with E-state index in [1.165, 1.54) is 0 Å². The summed E-state index contributed by atoms with van der Waals surface area (Å²) >= 11 is 11.2. The Morgan fingerprint density at radius 2 is 0.800 bits per heavy atom. The second-order valence-electron chi connectivity index (χ2n) is 7.39. The zero-order valence-electron chi connectivity index (χ0n) is 17.5. The third-order valence-corrected chi connectivity index (χ3v) is 5.59. The second kappa shape index (κ2) is 11.1. The van der Waals surface area contributed by atoms with Gasteiger partial charge in [-0.15, -0.1) is 0 Å². The molecule has 1 aliphatic heterocycles. The molecule has 1 heterocycles. The molecule has 4 nitrogen and oxygen atoms in total. The van der Waals surface area contributed by atoms with Crippen molar-refractivity contribution >= 4 is 50.1 Å². The lowest BCUT2D eigenvalue weighted by Gasteiger charge is -2.16. The smallest absolute Gasteiger partial charge is 0.0407 e. The van der Waals surface area contributed by atoms with E-state index in [0.29, 0.717) is 26.2 Å². The summed E-state index contributed by atoms with van der Waals surface area (Å²) in [6, 6.07) is 8.29. The zero-order valence-corrected chi connectivity index (χ0v) is 19.1. The molecule has 6 heteroatoms. The predicted octanol–water partition coefficient (Wildman–Crippen LogP) is 4.28. The van der Waals surface area contributed by atoms with Crippen LogP contribution in [0.4, 0.5) is 0 Å². The third-order valence-electron chi connectivity index (χ3n) is 4.65. The molecule has 0 unspecified atom stereocenters. The van der Waals surface area contributed by atoms with Crippen molar-refractivity contribution in [2.24, 2.45) is 20.0 Å². The Kier molecular flexibility index (Phi) is 8.22. The fourth-order valence-electron chi connectivity index (χ4n) is 3.20. The van der Waals surface area contributed by atoms with Crippen molar-refractivity contribution in [1.82, 2.24) is 0 Å². The lowest BCUT2D eigenvalue weighted by molar-refractivity contribution is 0.849. The van der Waals surface area contributed by atoms with Crippen LogP contribution >= 0.6 is 0 Å². The standard InChI is InChI=1S/C24H28N4S2/c1-17-9-19-13-25-5-3-7-27-15-21-11-18(2)12-22(24(21)30)16-28-8-4-6-26-14-20(10-17)23(19)29/h9-16,29-30H,3-8H2,1-2H3/p-2. The highest BCUT2D eigenvalue weighted by Crippen LogP contribution is 2.16. The number of hydrogen-bond acceptors (Lipinski definition) is 6. The lowest BCUT2D eigenvalue weighted by atomic mass is 10.1. The average molecular weight is 435 g/mol. The Bertz CT molecular complexity index is 855. The number of nitrogens with zero attached hydrogens (tertiary/aromatic N) is 4. The van der Waals surface area contributed by atoms with E-state index in [4.69, 9.17) is 25.3 Å². The predicted molar refractivity (Wildman–Crippen MR) is 133 cm³/mol. The van der Waals surface area contributed by atoms with Gasteiger partial charge in [-0.2, -0.15) is 9.79 Å². The molecule has 2 aromatic carbocycles. The summed E-state index contributed by atoms with van der Waals surface area (Å²) in [7, 11) is 0. The molecule has 0 N–H and O–H groups in total. The highest BCUT2D eigenvalue weighted by atomic mass is 32.1. The number of aryl methyl sites for hydroxylation is 2. The largest absolute Gasteiger partial charge is 0.778 e. The number of aliphatic imine (C=N–C) groups is 4. The van der Waals surface area contributed by atoms with Crippen LogP contribution in [0.5, 0.6) is 0 Å². The highest BCUT2D eigenvalue weighted by molar-refractivity contribution is 7.59. The number of fused-ring (bicyclic) bond motifs is 4. The summed E-state index contributed by atoms with van der Waals surface area (Å²) in [5, 5.41) is 0. The van der Waals surface area contributed by atoms with Crippen molar-refractivity contribution in [2.45, 2.75) is 36.5 Å². The Balaban J connectivity index is 1.83. The van der Waals surface area contributed by atoms with Gasteiger partial charge in [-0.3, -0.25) is 20.0 Å². The molecule has 0 saturated heterocycles. The molecular formula is C24H26N4S2-2. The maximum absolute atomic E-state index is 5.62. The molecule has 0 aromatic heterocycles. The SMILES string of the molecule is Cc1cc2c([S-])c(c1)C=NCCCN=Cc1cc(C)cc(c1[S-])C=NCCCN=C2. The Morgan fingerprint density at radius 3 is 1.07 bits per heavy atom. The number of rotatable bonds is 0. The van der Waals surface area contributed by atoms with Gasteiger partial charge < -0.3 is 25.3 Å². The van der Waals surface area contributed by atoms with Gasteiger partial charge in [-0.05, 0) is 60.1 Å². The van der Waals surface area contributed by atoms with E-state index in [2.05, 4.69) is 58.1 Å². The average Bonchev–Trinajstić information content (AvgIpc) is 2.71. The van der Waals surface area contributed by atoms with E-state index in [9.17, 15) is 0 Å². The maximum atomic E-state index is 5.62. The molecule has 0 saturated carbocycles. The minimum absolute atomic E-state index is 0.704. The van der Waals surface area contributed by atoms with Gasteiger partial charge in [0.15, 0.2) is 0 Å². The molecule has 0 radical (unpaired) electrons. The molecule has 156 valence electrons. The van der Waals surface area contributed by atoms with Crippen LogP contribution in [0.2, 0.25) is 0 Å². The molecule has 0 spiro atoms. The van der Waals surface area contributed by atoms with Crippen molar-refractivity contribution in [3.05, 3.63) is 57.6 Å².